The van der Waals surface area contributed by atoms with E-state index in [1.165, 1.54) is 32.1 Å². The van der Waals surface area contributed by atoms with Crippen LogP contribution in [0.4, 0.5) is 0 Å². The fraction of sp³-hybridized carbons (Fsp3) is 0.917. The van der Waals surface area contributed by atoms with Gasteiger partial charge in [0, 0.05) is 6.54 Å². The van der Waals surface area contributed by atoms with E-state index in [1.807, 2.05) is 0 Å². The number of rotatable bonds is 6. The molecule has 0 aliphatic heterocycles. The van der Waals surface area contributed by atoms with E-state index in [2.05, 4.69) is 6.92 Å². The van der Waals surface area contributed by atoms with Gasteiger partial charge in [0.25, 0.3) is 0 Å². The molecule has 15 heavy (non-hydrogen) atoms. The van der Waals surface area contributed by atoms with Gasteiger partial charge in [-0.05, 0) is 24.7 Å². The van der Waals surface area contributed by atoms with Gasteiger partial charge in [-0.2, -0.15) is 0 Å². The number of hydrogen-bond acceptors (Lipinski definition) is 2. The summed E-state index contributed by atoms with van der Waals surface area (Å²) in [5.74, 6) is 0.252. The third kappa shape index (κ3) is 4.20. The Kier molecular flexibility index (Phi) is 5.09. The molecule has 0 aromatic carbocycles. The van der Waals surface area contributed by atoms with E-state index < -0.39 is 5.97 Å². The van der Waals surface area contributed by atoms with E-state index in [9.17, 15) is 4.79 Å². The van der Waals surface area contributed by atoms with E-state index in [1.54, 1.807) is 0 Å². The number of carboxylic acids is 1. The fourth-order valence-electron chi connectivity index (χ4n) is 2.69. The summed E-state index contributed by atoms with van der Waals surface area (Å²) in [4.78, 5) is 10.8. The summed E-state index contributed by atoms with van der Waals surface area (Å²) < 4.78 is 0. The molecule has 2 unspecified atom stereocenters. The van der Waals surface area contributed by atoms with Crippen molar-refractivity contribution in [2.24, 2.45) is 23.5 Å². The van der Waals surface area contributed by atoms with Crippen LogP contribution in [-0.4, -0.2) is 17.6 Å². The van der Waals surface area contributed by atoms with Crippen LogP contribution >= 0.6 is 0 Å². The number of carbonyl (C=O) groups is 1. The van der Waals surface area contributed by atoms with E-state index >= 15 is 0 Å². The maximum absolute atomic E-state index is 10.8. The molecule has 3 nitrogen and oxygen atoms in total. The molecule has 0 bridgehead atoms. The van der Waals surface area contributed by atoms with Gasteiger partial charge in [0.15, 0.2) is 0 Å². The molecule has 2 atom stereocenters. The van der Waals surface area contributed by atoms with Gasteiger partial charge in [0.05, 0.1) is 5.92 Å². The Bertz CT molecular complexity index is 200. The molecule has 0 heterocycles. The largest absolute Gasteiger partial charge is 0.481 e. The Morgan fingerprint density at radius 1 is 1.47 bits per heavy atom. The normalized spacial score (nSPS) is 21.5. The van der Waals surface area contributed by atoms with Crippen LogP contribution in [-0.2, 0) is 4.79 Å². The first-order valence-electron chi connectivity index (χ1n) is 6.06. The Balaban J connectivity index is 2.26. The summed E-state index contributed by atoms with van der Waals surface area (Å²) in [6, 6.07) is 0. The minimum Gasteiger partial charge on any atom is -0.481 e. The summed E-state index contributed by atoms with van der Waals surface area (Å²) >= 11 is 0. The van der Waals surface area contributed by atoms with Crippen molar-refractivity contribution in [1.29, 1.82) is 0 Å². The minimum absolute atomic E-state index is 0.268. The average Bonchev–Trinajstić information content (AvgIpc) is 2.66. The minimum atomic E-state index is -0.740. The van der Waals surface area contributed by atoms with Crippen molar-refractivity contribution in [2.45, 2.75) is 45.4 Å². The quantitative estimate of drug-likeness (QED) is 0.711. The monoisotopic (exact) mass is 213 g/mol. The molecule has 0 amide bonds. The molecule has 1 aliphatic carbocycles. The van der Waals surface area contributed by atoms with Gasteiger partial charge in [-0.15, -0.1) is 0 Å². The second kappa shape index (κ2) is 6.11. The highest BCUT2D eigenvalue weighted by Crippen LogP contribution is 2.32. The molecule has 0 aromatic rings. The van der Waals surface area contributed by atoms with Crippen LogP contribution in [0.3, 0.4) is 0 Å². The second-order valence-electron chi connectivity index (χ2n) is 5.00. The predicted octanol–water partition coefficient (Wildman–Crippen LogP) is 2.25. The maximum Gasteiger partial charge on any atom is 0.307 e. The highest BCUT2D eigenvalue weighted by atomic mass is 16.4. The van der Waals surface area contributed by atoms with Crippen molar-refractivity contribution in [1.82, 2.24) is 0 Å². The Morgan fingerprint density at radius 2 is 2.07 bits per heavy atom. The average molecular weight is 213 g/mol. The highest BCUT2D eigenvalue weighted by molar-refractivity contribution is 5.70. The van der Waals surface area contributed by atoms with Crippen LogP contribution < -0.4 is 5.73 Å². The van der Waals surface area contributed by atoms with Crippen molar-refractivity contribution < 1.29 is 9.90 Å². The SMILES string of the molecule is CC(CC1CCCC1)CC(CN)C(=O)O. The zero-order valence-electron chi connectivity index (χ0n) is 9.61. The Morgan fingerprint density at radius 3 is 2.53 bits per heavy atom. The van der Waals surface area contributed by atoms with Crippen molar-refractivity contribution in [2.75, 3.05) is 6.54 Å². The van der Waals surface area contributed by atoms with E-state index in [-0.39, 0.29) is 12.5 Å². The van der Waals surface area contributed by atoms with Gasteiger partial charge < -0.3 is 10.8 Å². The number of aliphatic carboxylic acids is 1. The Hall–Kier alpha value is -0.570. The molecule has 1 saturated carbocycles. The Labute approximate surface area is 92.0 Å². The van der Waals surface area contributed by atoms with Crippen molar-refractivity contribution in [3.05, 3.63) is 0 Å². The van der Waals surface area contributed by atoms with Gasteiger partial charge in [0.2, 0.25) is 0 Å². The summed E-state index contributed by atoms with van der Waals surface area (Å²) in [6.45, 7) is 2.42. The van der Waals surface area contributed by atoms with Crippen molar-refractivity contribution in [3.63, 3.8) is 0 Å². The van der Waals surface area contributed by atoms with E-state index in [0.717, 1.165) is 12.3 Å². The molecule has 0 radical (unpaired) electrons. The van der Waals surface area contributed by atoms with Crippen LogP contribution in [0.2, 0.25) is 0 Å². The lowest BCUT2D eigenvalue weighted by molar-refractivity contribution is -0.142. The molecule has 1 fully saturated rings. The molecule has 1 aliphatic rings. The first-order chi connectivity index (χ1) is 7.13. The molecule has 0 aromatic heterocycles. The third-order valence-corrected chi connectivity index (χ3v) is 3.53. The molecule has 3 N–H and O–H groups in total. The number of nitrogens with two attached hydrogens (primary N) is 1. The topological polar surface area (TPSA) is 63.3 Å². The summed E-state index contributed by atoms with van der Waals surface area (Å²) in [6.07, 6.45) is 7.31. The second-order valence-corrected chi connectivity index (χ2v) is 5.00. The van der Waals surface area contributed by atoms with Crippen LogP contribution in [0.15, 0.2) is 0 Å². The first-order valence-corrected chi connectivity index (χ1v) is 6.06. The first kappa shape index (κ1) is 12.5. The van der Waals surface area contributed by atoms with Crippen molar-refractivity contribution in [3.8, 4) is 0 Å². The smallest absolute Gasteiger partial charge is 0.307 e. The third-order valence-electron chi connectivity index (χ3n) is 3.53. The predicted molar refractivity (Wildman–Crippen MR) is 60.5 cm³/mol. The molecular weight excluding hydrogens is 190 g/mol. The van der Waals surface area contributed by atoms with Crippen LogP contribution in [0.5, 0.6) is 0 Å². The lowest BCUT2D eigenvalue weighted by Crippen LogP contribution is -2.25. The summed E-state index contributed by atoms with van der Waals surface area (Å²) in [5.41, 5.74) is 5.45. The van der Waals surface area contributed by atoms with Crippen LogP contribution in [0.25, 0.3) is 0 Å². The van der Waals surface area contributed by atoms with Gasteiger partial charge in [-0.1, -0.05) is 32.6 Å². The number of carboxylic acid groups (broad SMARTS) is 1. The summed E-state index contributed by atoms with van der Waals surface area (Å²) in [5, 5.41) is 8.90. The molecular formula is C12H23NO2. The summed E-state index contributed by atoms with van der Waals surface area (Å²) in [7, 11) is 0. The molecule has 3 heteroatoms. The van der Waals surface area contributed by atoms with E-state index in [4.69, 9.17) is 10.8 Å². The van der Waals surface area contributed by atoms with Gasteiger partial charge in [-0.25, -0.2) is 0 Å². The number of hydrogen-bond donors (Lipinski definition) is 2. The van der Waals surface area contributed by atoms with E-state index in [0.29, 0.717) is 5.92 Å². The lowest BCUT2D eigenvalue weighted by atomic mass is 9.87. The molecule has 0 spiro atoms. The zero-order valence-corrected chi connectivity index (χ0v) is 9.61. The fourth-order valence-corrected chi connectivity index (χ4v) is 2.69. The zero-order chi connectivity index (χ0) is 11.3. The standard InChI is InChI=1S/C12H23NO2/c1-9(6-10-4-2-3-5-10)7-11(8-13)12(14)15/h9-11H,2-8,13H2,1H3,(H,14,15). The van der Waals surface area contributed by atoms with Crippen molar-refractivity contribution >= 4 is 5.97 Å². The lowest BCUT2D eigenvalue weighted by Gasteiger charge is -2.19. The van der Waals surface area contributed by atoms with Crippen LogP contribution in [0, 0.1) is 17.8 Å². The van der Waals surface area contributed by atoms with Crippen LogP contribution in [0.1, 0.15) is 45.4 Å². The maximum atomic E-state index is 10.8. The molecule has 1 rings (SSSR count). The van der Waals surface area contributed by atoms with Gasteiger partial charge in [-0.3, -0.25) is 4.79 Å². The molecule has 88 valence electrons. The van der Waals surface area contributed by atoms with Gasteiger partial charge in [0.1, 0.15) is 0 Å². The highest BCUT2D eigenvalue weighted by Gasteiger charge is 2.22. The van der Waals surface area contributed by atoms with Gasteiger partial charge >= 0.3 is 5.97 Å². The molecule has 0 saturated heterocycles.